The monoisotopic (exact) mass is 600 g/mol. The second-order valence-corrected chi connectivity index (χ2v) is 10.7. The van der Waals surface area contributed by atoms with Crippen LogP contribution in [0.15, 0.2) is 103 Å². The van der Waals surface area contributed by atoms with Crippen LogP contribution in [-0.2, 0) is 6.54 Å². The van der Waals surface area contributed by atoms with Gasteiger partial charge in [-0.1, -0.05) is 44.0 Å². The number of halogens is 2. The van der Waals surface area contributed by atoms with Gasteiger partial charge in [0.2, 0.25) is 0 Å². The third-order valence-electron chi connectivity index (χ3n) is 6.36. The maximum absolute atomic E-state index is 6.35. The number of fused-ring (bicyclic) bond motifs is 1. The van der Waals surface area contributed by atoms with Gasteiger partial charge in [0.05, 0.1) is 17.6 Å². The van der Waals surface area contributed by atoms with Crippen LogP contribution in [-0.4, -0.2) is 9.55 Å². The number of para-hydroxylation sites is 2. The predicted molar refractivity (Wildman–Crippen MR) is 151 cm³/mol. The van der Waals surface area contributed by atoms with Crippen LogP contribution in [0.1, 0.15) is 16.9 Å². The van der Waals surface area contributed by atoms with Crippen molar-refractivity contribution in [1.29, 1.82) is 0 Å². The smallest absolute Gasteiger partial charge is 0.177 e. The Morgan fingerprint density at radius 3 is 2.00 bits per heavy atom. The van der Waals surface area contributed by atoms with Gasteiger partial charge in [-0.2, -0.15) is 0 Å². The number of furan rings is 2. The number of benzene rings is 3. The molecule has 0 aliphatic heterocycles. The van der Waals surface area contributed by atoms with E-state index >= 15 is 0 Å². The summed E-state index contributed by atoms with van der Waals surface area (Å²) in [5, 5.41) is 0. The summed E-state index contributed by atoms with van der Waals surface area (Å²) in [6.07, 6.45) is 0. The van der Waals surface area contributed by atoms with Crippen LogP contribution in [0.2, 0.25) is 0 Å². The fourth-order valence-corrected chi connectivity index (χ4v) is 5.55. The quantitative estimate of drug-likeness (QED) is 0.198. The SMILES string of the molecule is Cc1cc(Br)ccc1-c1ccc(Cn2c(-c3ccc(-c4ccc(Br)cc4C)o3)nc3ccccc32)o1. The second kappa shape index (κ2) is 9.26. The molecule has 3 aromatic carbocycles. The van der Waals surface area contributed by atoms with Crippen molar-refractivity contribution in [3.05, 3.63) is 111 Å². The summed E-state index contributed by atoms with van der Waals surface area (Å²) in [6, 6.07) is 28.6. The van der Waals surface area contributed by atoms with E-state index in [4.69, 9.17) is 13.8 Å². The lowest BCUT2D eigenvalue weighted by Crippen LogP contribution is -2.01. The van der Waals surface area contributed by atoms with Crippen molar-refractivity contribution in [3.63, 3.8) is 0 Å². The maximum Gasteiger partial charge on any atom is 0.177 e. The van der Waals surface area contributed by atoms with Crippen molar-refractivity contribution in [2.75, 3.05) is 0 Å². The largest absolute Gasteiger partial charge is 0.459 e. The van der Waals surface area contributed by atoms with Gasteiger partial charge in [-0.3, -0.25) is 0 Å². The fourth-order valence-electron chi connectivity index (χ4n) is 4.60. The molecular formula is C30H22Br2N2O2. The average molecular weight is 602 g/mol. The third-order valence-corrected chi connectivity index (χ3v) is 7.35. The highest BCUT2D eigenvalue weighted by molar-refractivity contribution is 9.10. The Bertz CT molecular complexity index is 1720. The normalized spacial score (nSPS) is 11.4. The highest BCUT2D eigenvalue weighted by Crippen LogP contribution is 2.34. The minimum atomic E-state index is 0.540. The molecule has 0 saturated heterocycles. The lowest BCUT2D eigenvalue weighted by molar-refractivity contribution is 0.506. The van der Waals surface area contributed by atoms with E-state index in [1.165, 1.54) is 0 Å². The minimum Gasteiger partial charge on any atom is -0.459 e. The highest BCUT2D eigenvalue weighted by atomic mass is 79.9. The Hall–Kier alpha value is -3.35. The first-order valence-corrected chi connectivity index (χ1v) is 13.2. The van der Waals surface area contributed by atoms with E-state index in [1.807, 2.05) is 54.6 Å². The molecule has 178 valence electrons. The number of nitrogens with zero attached hydrogens (tertiary/aromatic N) is 2. The fraction of sp³-hybridized carbons (Fsp3) is 0.100. The number of hydrogen-bond donors (Lipinski definition) is 0. The zero-order valence-corrected chi connectivity index (χ0v) is 22.9. The minimum absolute atomic E-state index is 0.540. The van der Waals surface area contributed by atoms with Gasteiger partial charge >= 0.3 is 0 Å². The van der Waals surface area contributed by atoms with Crippen LogP contribution in [0, 0.1) is 13.8 Å². The van der Waals surface area contributed by atoms with Crippen molar-refractivity contribution in [2.45, 2.75) is 20.4 Å². The molecular weight excluding hydrogens is 580 g/mol. The first-order chi connectivity index (χ1) is 17.5. The Morgan fingerprint density at radius 2 is 1.31 bits per heavy atom. The molecule has 0 radical (unpaired) electrons. The molecule has 0 N–H and O–H groups in total. The molecule has 0 amide bonds. The van der Waals surface area contributed by atoms with E-state index in [2.05, 4.69) is 80.6 Å². The molecule has 6 aromatic rings. The van der Waals surface area contributed by atoms with Gasteiger partial charge in [-0.05, 0) is 97.8 Å². The predicted octanol–water partition coefficient (Wildman–Crippen LogP) is 9.41. The molecule has 3 aromatic heterocycles. The van der Waals surface area contributed by atoms with E-state index in [0.29, 0.717) is 6.54 Å². The Labute approximate surface area is 225 Å². The Balaban J connectivity index is 1.39. The summed E-state index contributed by atoms with van der Waals surface area (Å²) < 4.78 is 16.9. The highest BCUT2D eigenvalue weighted by Gasteiger charge is 2.19. The van der Waals surface area contributed by atoms with Crippen LogP contribution in [0.4, 0.5) is 0 Å². The van der Waals surface area contributed by atoms with Gasteiger partial charge in [-0.15, -0.1) is 0 Å². The number of rotatable bonds is 5. The topological polar surface area (TPSA) is 44.1 Å². The summed E-state index contributed by atoms with van der Waals surface area (Å²) in [7, 11) is 0. The van der Waals surface area contributed by atoms with Gasteiger partial charge in [0.25, 0.3) is 0 Å². The molecule has 0 unspecified atom stereocenters. The van der Waals surface area contributed by atoms with Crippen molar-refractivity contribution in [3.8, 4) is 34.2 Å². The standard InChI is InChI=1S/C30H22Br2N2O2/c1-18-15-20(31)7-10-23(18)27-12-9-22(35-27)17-34-26-6-4-3-5-25(26)33-30(34)29-14-13-28(36-29)24-11-8-21(32)16-19(24)2/h3-16H,17H2,1-2H3. The van der Waals surface area contributed by atoms with Crippen LogP contribution < -0.4 is 0 Å². The van der Waals surface area contributed by atoms with Crippen LogP contribution in [0.5, 0.6) is 0 Å². The van der Waals surface area contributed by atoms with E-state index in [9.17, 15) is 0 Å². The lowest BCUT2D eigenvalue weighted by atomic mass is 10.1. The number of aromatic nitrogens is 2. The maximum atomic E-state index is 6.35. The van der Waals surface area contributed by atoms with Crippen LogP contribution in [0.3, 0.4) is 0 Å². The third kappa shape index (κ3) is 4.25. The van der Waals surface area contributed by atoms with E-state index in [-0.39, 0.29) is 0 Å². The molecule has 0 saturated carbocycles. The first-order valence-electron chi connectivity index (χ1n) is 11.6. The number of aryl methyl sites for hydroxylation is 2. The Morgan fingerprint density at radius 1 is 0.694 bits per heavy atom. The molecule has 36 heavy (non-hydrogen) atoms. The zero-order chi connectivity index (χ0) is 24.8. The van der Waals surface area contributed by atoms with Crippen LogP contribution in [0.25, 0.3) is 45.3 Å². The molecule has 3 heterocycles. The van der Waals surface area contributed by atoms with E-state index in [1.54, 1.807) is 0 Å². The Kier molecular flexibility index (Phi) is 5.94. The molecule has 0 aliphatic carbocycles. The van der Waals surface area contributed by atoms with E-state index in [0.717, 1.165) is 71.1 Å². The van der Waals surface area contributed by atoms with Crippen molar-refractivity contribution in [1.82, 2.24) is 9.55 Å². The summed E-state index contributed by atoms with van der Waals surface area (Å²) in [4.78, 5) is 4.93. The number of imidazole rings is 1. The zero-order valence-electron chi connectivity index (χ0n) is 19.8. The summed E-state index contributed by atoms with van der Waals surface area (Å²) in [6.45, 7) is 4.71. The summed E-state index contributed by atoms with van der Waals surface area (Å²) in [5.41, 5.74) is 6.40. The molecule has 0 atom stereocenters. The molecule has 0 bridgehead atoms. The summed E-state index contributed by atoms with van der Waals surface area (Å²) in [5.74, 6) is 4.02. The van der Waals surface area contributed by atoms with Gasteiger partial charge in [0, 0.05) is 20.1 Å². The first kappa shape index (κ1) is 23.1. The van der Waals surface area contributed by atoms with E-state index < -0.39 is 0 Å². The van der Waals surface area contributed by atoms with Crippen molar-refractivity contribution < 1.29 is 8.83 Å². The van der Waals surface area contributed by atoms with Gasteiger partial charge in [-0.25, -0.2) is 4.98 Å². The molecule has 4 nitrogen and oxygen atoms in total. The van der Waals surface area contributed by atoms with Crippen molar-refractivity contribution >= 4 is 42.9 Å². The molecule has 0 spiro atoms. The van der Waals surface area contributed by atoms with Gasteiger partial charge in [0.1, 0.15) is 17.3 Å². The molecule has 6 heteroatoms. The summed E-state index contributed by atoms with van der Waals surface area (Å²) >= 11 is 7.08. The lowest BCUT2D eigenvalue weighted by Gasteiger charge is -2.07. The van der Waals surface area contributed by atoms with Crippen molar-refractivity contribution in [2.24, 2.45) is 0 Å². The molecule has 0 fully saturated rings. The van der Waals surface area contributed by atoms with Crippen LogP contribution >= 0.6 is 31.9 Å². The average Bonchev–Trinajstić information content (AvgIpc) is 3.59. The molecule has 0 aliphatic rings. The second-order valence-electron chi connectivity index (χ2n) is 8.86. The van der Waals surface area contributed by atoms with Gasteiger partial charge in [0.15, 0.2) is 11.6 Å². The van der Waals surface area contributed by atoms with Gasteiger partial charge < -0.3 is 13.4 Å². The number of hydrogen-bond acceptors (Lipinski definition) is 3. The molecule has 6 rings (SSSR count).